The quantitative estimate of drug-likeness (QED) is 0.224. The number of ether oxygens (including phenoxy) is 1. The van der Waals surface area contributed by atoms with Gasteiger partial charge >= 0.3 is 0 Å². The number of benzene rings is 1. The summed E-state index contributed by atoms with van der Waals surface area (Å²) >= 11 is 0. The molecule has 2 N–H and O–H groups in total. The maximum absolute atomic E-state index is 15.4. The van der Waals surface area contributed by atoms with Gasteiger partial charge in [0.25, 0.3) is 5.91 Å². The molecular weight excluding hydrogens is 705 g/mol. The van der Waals surface area contributed by atoms with Crippen LogP contribution in [0, 0.1) is 5.82 Å². The molecule has 4 aliphatic heterocycles. The molecule has 4 aromatic rings. The molecule has 0 aliphatic carbocycles. The first-order valence-corrected chi connectivity index (χ1v) is 19.2. The highest BCUT2D eigenvalue weighted by Crippen LogP contribution is 2.34. The van der Waals surface area contributed by atoms with Gasteiger partial charge in [0.05, 0.1) is 17.0 Å². The Morgan fingerprint density at radius 1 is 1.00 bits per heavy atom. The Bertz CT molecular complexity index is 2110. The minimum absolute atomic E-state index is 0.129. The Balaban J connectivity index is 0.915. The van der Waals surface area contributed by atoms with Crippen LogP contribution in [0.15, 0.2) is 36.7 Å². The zero-order valence-corrected chi connectivity index (χ0v) is 31.8. The third-order valence-corrected chi connectivity index (χ3v) is 11.5. The number of carbonyl (C=O) groups excluding carboxylic acids is 3. The van der Waals surface area contributed by atoms with Crippen molar-refractivity contribution in [2.45, 2.75) is 89.7 Å². The Kier molecular flexibility index (Phi) is 10.1. The summed E-state index contributed by atoms with van der Waals surface area (Å²) in [5.74, 6) is 1.32. The number of aromatic nitrogens is 5. The van der Waals surface area contributed by atoms with E-state index in [-0.39, 0.29) is 55.0 Å². The third-order valence-electron chi connectivity index (χ3n) is 11.5. The molecule has 8 rings (SSSR count). The van der Waals surface area contributed by atoms with Crippen LogP contribution in [-0.2, 0) is 27.4 Å². The van der Waals surface area contributed by atoms with Crippen molar-refractivity contribution >= 4 is 52.0 Å². The van der Waals surface area contributed by atoms with Crippen molar-refractivity contribution in [1.82, 2.24) is 39.8 Å². The monoisotopic (exact) mass is 753 g/mol. The second-order valence-electron chi connectivity index (χ2n) is 15.4. The molecule has 7 heterocycles. The lowest BCUT2D eigenvalue weighted by molar-refractivity contribution is -0.136. The van der Waals surface area contributed by atoms with Gasteiger partial charge in [-0.05, 0) is 76.8 Å². The van der Waals surface area contributed by atoms with Gasteiger partial charge < -0.3 is 24.8 Å². The van der Waals surface area contributed by atoms with E-state index in [2.05, 4.69) is 44.2 Å². The molecular formula is C39H48FN11O4. The predicted molar refractivity (Wildman–Crippen MR) is 205 cm³/mol. The number of methoxy groups -OCH3 is 1. The summed E-state index contributed by atoms with van der Waals surface area (Å²) in [4.78, 5) is 59.5. The normalized spacial score (nSPS) is 19.9. The van der Waals surface area contributed by atoms with Gasteiger partial charge in [-0.3, -0.25) is 29.3 Å². The van der Waals surface area contributed by atoms with Crippen LogP contribution in [-0.4, -0.2) is 111 Å². The van der Waals surface area contributed by atoms with E-state index in [9.17, 15) is 14.4 Å². The zero-order valence-electron chi connectivity index (χ0n) is 31.8. The first kappa shape index (κ1) is 36.7. The van der Waals surface area contributed by atoms with Gasteiger partial charge in [-0.2, -0.15) is 10.1 Å². The van der Waals surface area contributed by atoms with Gasteiger partial charge in [0.2, 0.25) is 17.8 Å². The summed E-state index contributed by atoms with van der Waals surface area (Å²) in [5.41, 5.74) is 2.49. The van der Waals surface area contributed by atoms with Gasteiger partial charge in [0.15, 0.2) is 5.82 Å². The Morgan fingerprint density at radius 3 is 2.49 bits per heavy atom. The van der Waals surface area contributed by atoms with E-state index in [1.54, 1.807) is 19.4 Å². The molecule has 0 radical (unpaired) electrons. The molecule has 0 bridgehead atoms. The molecule has 16 heteroatoms. The Labute approximate surface area is 319 Å². The van der Waals surface area contributed by atoms with Crippen LogP contribution < -0.4 is 20.4 Å². The summed E-state index contributed by atoms with van der Waals surface area (Å²) in [5, 5.41) is 11.8. The van der Waals surface area contributed by atoms with E-state index >= 15 is 4.39 Å². The molecule has 3 aromatic heterocycles. The Morgan fingerprint density at radius 2 is 1.76 bits per heavy atom. The maximum Gasteiger partial charge on any atom is 0.255 e. The fraction of sp³-hybridized carbons (Fsp3) is 0.513. The third kappa shape index (κ3) is 7.32. The van der Waals surface area contributed by atoms with E-state index in [1.165, 1.54) is 11.0 Å². The van der Waals surface area contributed by atoms with E-state index in [0.717, 1.165) is 68.6 Å². The molecule has 1 unspecified atom stereocenters. The number of imide groups is 1. The fourth-order valence-electron chi connectivity index (χ4n) is 8.38. The minimum Gasteiger partial charge on any atom is -0.381 e. The summed E-state index contributed by atoms with van der Waals surface area (Å²) in [6.07, 6.45) is 8.01. The predicted octanol–water partition coefficient (Wildman–Crippen LogP) is 4.16. The summed E-state index contributed by atoms with van der Waals surface area (Å²) in [6, 6.07) is 6.56. The molecule has 15 nitrogen and oxygen atoms in total. The average molecular weight is 754 g/mol. The number of amides is 3. The van der Waals surface area contributed by atoms with Crippen LogP contribution in [0.1, 0.15) is 79.9 Å². The second-order valence-corrected chi connectivity index (χ2v) is 15.4. The molecule has 3 saturated heterocycles. The minimum atomic E-state index is -0.733. The number of hydrogen-bond donors (Lipinski definition) is 2. The number of halogens is 1. The lowest BCUT2D eigenvalue weighted by atomic mass is 10.0. The van der Waals surface area contributed by atoms with Gasteiger partial charge in [-0.25, -0.2) is 14.4 Å². The topological polar surface area (TPSA) is 154 Å². The van der Waals surface area contributed by atoms with E-state index in [1.807, 2.05) is 30.1 Å². The number of piperidine rings is 3. The second kappa shape index (κ2) is 15.1. The van der Waals surface area contributed by atoms with Crippen LogP contribution >= 0.6 is 0 Å². The first-order chi connectivity index (χ1) is 26.6. The fourth-order valence-corrected chi connectivity index (χ4v) is 8.38. The number of pyridine rings is 1. The van der Waals surface area contributed by atoms with Crippen LogP contribution in [0.2, 0.25) is 0 Å². The lowest BCUT2D eigenvalue weighted by Crippen LogP contribution is -2.52. The molecule has 0 spiro atoms. The standard InChI is InChI=1S/C39H48FN11O4/c1-23(2)51-32-19-34(43-33-7-12-41-39(44-33)49-15-10-27(55-4)11-16-49)42-20-29(32)36(46-51)48-13-8-26(9-14-48)47(3)21-25-17-24-22-50(38(54)28(24)18-30(25)40)31-5-6-35(52)45-37(31)53/h7,12,17-20,23,26-27,31H,5-6,8-11,13-16,21-22H2,1-4H3,(H,45,52,53)(H,41,42,43,44). The largest absolute Gasteiger partial charge is 0.381 e. The SMILES string of the molecule is COC1CCN(c2nccc(Nc3cc4c(cn3)c(N3CCC(N(C)Cc5cc6c(cc5F)C(=O)N(C5CCC(=O)NC5=O)C6)CC3)nn4C(C)C)n2)CC1. The average Bonchev–Trinajstić information content (AvgIpc) is 3.72. The summed E-state index contributed by atoms with van der Waals surface area (Å²) in [7, 11) is 3.78. The number of hydrogen-bond acceptors (Lipinski definition) is 12. The van der Waals surface area contributed by atoms with Crippen LogP contribution in [0.4, 0.5) is 27.8 Å². The molecule has 3 amide bonds. The van der Waals surface area contributed by atoms with Crippen molar-refractivity contribution in [1.29, 1.82) is 0 Å². The molecule has 4 aliphatic rings. The van der Waals surface area contributed by atoms with Crippen LogP contribution in [0.5, 0.6) is 0 Å². The van der Waals surface area contributed by atoms with Crippen molar-refractivity contribution < 1.29 is 23.5 Å². The molecule has 1 aromatic carbocycles. The van der Waals surface area contributed by atoms with E-state index in [0.29, 0.717) is 35.3 Å². The number of fused-ring (bicyclic) bond motifs is 2. The number of nitrogens with zero attached hydrogens (tertiary/aromatic N) is 9. The van der Waals surface area contributed by atoms with Crippen molar-refractivity contribution in [3.05, 3.63) is 59.2 Å². The van der Waals surface area contributed by atoms with E-state index < -0.39 is 17.8 Å². The number of rotatable bonds is 10. The first-order valence-electron chi connectivity index (χ1n) is 19.2. The van der Waals surface area contributed by atoms with Crippen molar-refractivity contribution in [3.8, 4) is 0 Å². The van der Waals surface area contributed by atoms with Crippen molar-refractivity contribution in [3.63, 3.8) is 0 Å². The molecule has 0 saturated carbocycles. The number of nitrogens with one attached hydrogen (secondary N) is 2. The van der Waals surface area contributed by atoms with Crippen LogP contribution in [0.25, 0.3) is 10.9 Å². The van der Waals surface area contributed by atoms with Gasteiger partial charge in [0, 0.05) is 94.5 Å². The molecule has 290 valence electrons. The van der Waals surface area contributed by atoms with Crippen LogP contribution in [0.3, 0.4) is 0 Å². The Hall–Kier alpha value is -5.22. The number of carbonyl (C=O) groups is 3. The van der Waals surface area contributed by atoms with Gasteiger partial charge in [0.1, 0.15) is 23.5 Å². The zero-order chi connectivity index (χ0) is 38.4. The van der Waals surface area contributed by atoms with Gasteiger partial charge in [-0.15, -0.1) is 0 Å². The molecule has 1 atom stereocenters. The summed E-state index contributed by atoms with van der Waals surface area (Å²) in [6.45, 7) is 8.11. The highest BCUT2D eigenvalue weighted by atomic mass is 19.1. The highest BCUT2D eigenvalue weighted by molar-refractivity contribution is 6.05. The van der Waals surface area contributed by atoms with Crippen molar-refractivity contribution in [2.24, 2.45) is 0 Å². The molecule has 3 fully saturated rings. The van der Waals surface area contributed by atoms with Crippen molar-refractivity contribution in [2.75, 3.05) is 55.5 Å². The number of anilines is 4. The highest BCUT2D eigenvalue weighted by Gasteiger charge is 2.40. The maximum atomic E-state index is 15.4. The van der Waals surface area contributed by atoms with E-state index in [4.69, 9.17) is 19.8 Å². The summed E-state index contributed by atoms with van der Waals surface area (Å²) < 4.78 is 23.0. The smallest absolute Gasteiger partial charge is 0.255 e. The van der Waals surface area contributed by atoms with Gasteiger partial charge in [-0.1, -0.05) is 0 Å². The molecule has 55 heavy (non-hydrogen) atoms. The lowest BCUT2D eigenvalue weighted by Gasteiger charge is -2.37.